The molecule has 0 bridgehead atoms. The third-order valence-electron chi connectivity index (χ3n) is 2.53. The Balaban J connectivity index is 2.38. The first-order chi connectivity index (χ1) is 8.99. The number of hydrogen-bond acceptors (Lipinski definition) is 3. The summed E-state index contributed by atoms with van der Waals surface area (Å²) in [5.74, 6) is -0.407. The maximum Gasteiger partial charge on any atom is 0.334 e. The Kier molecular flexibility index (Phi) is 3.75. The monoisotopic (exact) mass is 326 g/mol. The normalized spacial score (nSPS) is 10.4. The van der Waals surface area contributed by atoms with Gasteiger partial charge in [-0.3, -0.25) is 14.9 Å². The summed E-state index contributed by atoms with van der Waals surface area (Å²) in [5, 5.41) is 10.7. The van der Waals surface area contributed by atoms with Gasteiger partial charge in [0.15, 0.2) is 0 Å². The molecule has 0 aliphatic heterocycles. The summed E-state index contributed by atoms with van der Waals surface area (Å²) in [6.45, 7) is 0.138. The van der Waals surface area contributed by atoms with Gasteiger partial charge >= 0.3 is 11.2 Å². The summed E-state index contributed by atoms with van der Waals surface area (Å²) >= 11 is 3.05. The Morgan fingerprint density at radius 1 is 1.37 bits per heavy atom. The summed E-state index contributed by atoms with van der Waals surface area (Å²) in [7, 11) is 0. The molecule has 0 radical (unpaired) electrons. The molecule has 0 spiro atoms. The molecule has 2 aromatic rings. The molecule has 5 nitrogen and oxygen atoms in total. The van der Waals surface area contributed by atoms with Crippen molar-refractivity contribution in [3.8, 4) is 0 Å². The van der Waals surface area contributed by atoms with Gasteiger partial charge in [0.05, 0.1) is 15.9 Å². The molecule has 0 atom stereocenters. The largest absolute Gasteiger partial charge is 0.334 e. The Morgan fingerprint density at radius 3 is 2.74 bits per heavy atom. The van der Waals surface area contributed by atoms with Gasteiger partial charge in [-0.25, -0.2) is 4.39 Å². The van der Waals surface area contributed by atoms with Crippen LogP contribution in [0.2, 0.25) is 0 Å². The number of rotatable bonds is 3. The van der Waals surface area contributed by atoms with E-state index in [9.17, 15) is 19.3 Å². The van der Waals surface area contributed by atoms with Gasteiger partial charge in [0, 0.05) is 12.3 Å². The van der Waals surface area contributed by atoms with Crippen LogP contribution in [0.1, 0.15) is 5.56 Å². The Hall–Kier alpha value is -2.02. The van der Waals surface area contributed by atoms with E-state index in [2.05, 4.69) is 15.9 Å². The highest BCUT2D eigenvalue weighted by Gasteiger charge is 2.13. The van der Waals surface area contributed by atoms with Gasteiger partial charge in [-0.1, -0.05) is 6.07 Å². The van der Waals surface area contributed by atoms with Crippen molar-refractivity contribution in [1.29, 1.82) is 0 Å². The zero-order valence-electron chi connectivity index (χ0n) is 9.55. The predicted molar refractivity (Wildman–Crippen MR) is 70.6 cm³/mol. The lowest BCUT2D eigenvalue weighted by Gasteiger charge is -2.06. The van der Waals surface area contributed by atoms with E-state index in [1.165, 1.54) is 35.0 Å². The zero-order chi connectivity index (χ0) is 14.0. The summed E-state index contributed by atoms with van der Waals surface area (Å²) < 4.78 is 14.6. The smallest absolute Gasteiger partial charge is 0.305 e. The van der Waals surface area contributed by atoms with Crippen molar-refractivity contribution in [2.75, 3.05) is 0 Å². The first kappa shape index (κ1) is 13.4. The number of pyridine rings is 1. The van der Waals surface area contributed by atoms with E-state index < -0.39 is 22.0 Å². The SMILES string of the molecule is O=c1c([N+](=O)[O-])cccn1Cc1ccc(F)c(Br)c1. The van der Waals surface area contributed by atoms with Gasteiger partial charge in [0.1, 0.15) is 5.82 Å². The fraction of sp³-hybridized carbons (Fsp3) is 0.0833. The second-order valence-corrected chi connectivity index (χ2v) is 4.69. The molecule has 0 unspecified atom stereocenters. The molecule has 98 valence electrons. The summed E-state index contributed by atoms with van der Waals surface area (Å²) in [6.07, 6.45) is 1.45. The molecule has 19 heavy (non-hydrogen) atoms. The molecule has 0 saturated heterocycles. The summed E-state index contributed by atoms with van der Waals surface area (Å²) in [5.41, 5.74) is -0.507. The molecule has 0 amide bonds. The molecule has 0 fully saturated rings. The molecule has 0 N–H and O–H groups in total. The Labute approximate surface area is 115 Å². The molecule has 1 aromatic carbocycles. The molecular formula is C12H8BrFN2O3. The van der Waals surface area contributed by atoms with E-state index >= 15 is 0 Å². The summed E-state index contributed by atoms with van der Waals surface area (Å²) in [6, 6.07) is 6.89. The predicted octanol–water partition coefficient (Wildman–Crippen LogP) is 2.71. The van der Waals surface area contributed by atoms with Crippen LogP contribution < -0.4 is 5.56 Å². The van der Waals surface area contributed by atoms with Crippen LogP contribution in [0.25, 0.3) is 0 Å². The van der Waals surface area contributed by atoms with Crippen molar-refractivity contribution >= 4 is 21.6 Å². The van der Waals surface area contributed by atoms with Gasteiger partial charge in [-0.15, -0.1) is 0 Å². The Bertz CT molecular complexity index is 700. The van der Waals surface area contributed by atoms with Gasteiger partial charge in [-0.2, -0.15) is 0 Å². The van der Waals surface area contributed by atoms with Crippen molar-refractivity contribution < 1.29 is 9.31 Å². The fourth-order valence-electron chi connectivity index (χ4n) is 1.62. The number of halogens is 2. The van der Waals surface area contributed by atoms with E-state index in [4.69, 9.17) is 0 Å². The van der Waals surface area contributed by atoms with Crippen molar-refractivity contribution in [2.24, 2.45) is 0 Å². The topological polar surface area (TPSA) is 65.1 Å². The minimum Gasteiger partial charge on any atom is -0.305 e. The zero-order valence-corrected chi connectivity index (χ0v) is 11.1. The number of hydrogen-bond donors (Lipinski definition) is 0. The van der Waals surface area contributed by atoms with Crippen molar-refractivity contribution in [3.63, 3.8) is 0 Å². The molecule has 7 heteroatoms. The third-order valence-corrected chi connectivity index (χ3v) is 3.14. The first-order valence-corrected chi connectivity index (χ1v) is 6.06. The third kappa shape index (κ3) is 2.87. The summed E-state index contributed by atoms with van der Waals surface area (Å²) in [4.78, 5) is 21.7. The average molecular weight is 327 g/mol. The van der Waals surface area contributed by atoms with Crippen LogP contribution in [0.5, 0.6) is 0 Å². The van der Waals surface area contributed by atoms with Gasteiger partial charge in [-0.05, 0) is 39.7 Å². The van der Waals surface area contributed by atoms with Crippen LogP contribution in [0.15, 0.2) is 45.8 Å². The molecular weight excluding hydrogens is 319 g/mol. The van der Waals surface area contributed by atoms with E-state index in [-0.39, 0.29) is 11.0 Å². The maximum atomic E-state index is 13.1. The molecule has 0 saturated carbocycles. The minimum absolute atomic E-state index is 0.138. The number of nitrogens with zero attached hydrogens (tertiary/aromatic N) is 2. The highest BCUT2D eigenvalue weighted by Crippen LogP contribution is 2.17. The van der Waals surface area contributed by atoms with Crippen LogP contribution in [0, 0.1) is 15.9 Å². The van der Waals surface area contributed by atoms with Crippen LogP contribution in [-0.4, -0.2) is 9.49 Å². The van der Waals surface area contributed by atoms with Crippen molar-refractivity contribution in [1.82, 2.24) is 4.57 Å². The van der Waals surface area contributed by atoms with E-state index in [1.807, 2.05) is 0 Å². The first-order valence-electron chi connectivity index (χ1n) is 5.27. The van der Waals surface area contributed by atoms with E-state index in [0.717, 1.165) is 6.07 Å². The number of benzene rings is 1. The highest BCUT2D eigenvalue weighted by atomic mass is 79.9. The number of aromatic nitrogens is 1. The molecule has 2 rings (SSSR count). The van der Waals surface area contributed by atoms with Crippen molar-refractivity contribution in [2.45, 2.75) is 6.54 Å². The molecule has 0 aliphatic rings. The maximum absolute atomic E-state index is 13.1. The second kappa shape index (κ2) is 5.31. The van der Waals surface area contributed by atoms with Crippen LogP contribution in [0.4, 0.5) is 10.1 Å². The quantitative estimate of drug-likeness (QED) is 0.643. The highest BCUT2D eigenvalue weighted by molar-refractivity contribution is 9.10. The molecule has 1 heterocycles. The van der Waals surface area contributed by atoms with E-state index in [0.29, 0.717) is 5.56 Å². The lowest BCUT2D eigenvalue weighted by Crippen LogP contribution is -2.22. The number of nitro groups is 1. The Morgan fingerprint density at radius 2 is 2.11 bits per heavy atom. The molecule has 0 aliphatic carbocycles. The van der Waals surface area contributed by atoms with Gasteiger partial charge < -0.3 is 4.57 Å². The minimum atomic E-state index is -0.723. The van der Waals surface area contributed by atoms with Gasteiger partial charge in [0.2, 0.25) is 0 Å². The fourth-order valence-corrected chi connectivity index (χ4v) is 2.05. The van der Waals surface area contributed by atoms with Crippen LogP contribution in [0.3, 0.4) is 0 Å². The average Bonchev–Trinajstić information content (AvgIpc) is 2.36. The van der Waals surface area contributed by atoms with Crippen LogP contribution >= 0.6 is 15.9 Å². The standard InChI is InChI=1S/C12H8BrFN2O3/c13-9-6-8(3-4-10(9)14)7-15-5-1-2-11(12(15)17)16(18)19/h1-6H,7H2. The van der Waals surface area contributed by atoms with E-state index in [1.54, 1.807) is 0 Å². The van der Waals surface area contributed by atoms with Crippen molar-refractivity contribution in [3.05, 3.63) is 72.9 Å². The molecule has 1 aromatic heterocycles. The second-order valence-electron chi connectivity index (χ2n) is 3.83. The lowest BCUT2D eigenvalue weighted by atomic mass is 10.2. The lowest BCUT2D eigenvalue weighted by molar-refractivity contribution is -0.386. The van der Waals surface area contributed by atoms with Crippen LogP contribution in [-0.2, 0) is 6.54 Å². The van der Waals surface area contributed by atoms with Gasteiger partial charge in [0.25, 0.3) is 0 Å².